The third-order valence-electron chi connectivity index (χ3n) is 2.73. The van der Waals surface area contributed by atoms with E-state index in [9.17, 15) is 4.39 Å². The Morgan fingerprint density at radius 2 is 1.84 bits per heavy atom. The monoisotopic (exact) mass is 318 g/mol. The lowest BCUT2D eigenvalue weighted by Gasteiger charge is -2.15. The van der Waals surface area contributed by atoms with E-state index >= 15 is 0 Å². The van der Waals surface area contributed by atoms with Gasteiger partial charge in [-0.15, -0.1) is 11.6 Å². The molecule has 0 fully saturated rings. The molecule has 2 aromatic rings. The maximum absolute atomic E-state index is 13.8. The Balaban J connectivity index is 2.47. The van der Waals surface area contributed by atoms with Gasteiger partial charge in [-0.3, -0.25) is 0 Å². The Labute approximate surface area is 125 Å². The number of halogens is 4. The van der Waals surface area contributed by atoms with E-state index in [0.29, 0.717) is 16.3 Å². The van der Waals surface area contributed by atoms with Crippen LogP contribution in [0.15, 0.2) is 36.4 Å². The molecule has 1 unspecified atom stereocenters. The molecule has 1 nitrogen and oxygen atoms in total. The molecule has 2 aromatic carbocycles. The van der Waals surface area contributed by atoms with E-state index in [1.807, 2.05) is 0 Å². The third kappa shape index (κ3) is 2.97. The summed E-state index contributed by atoms with van der Waals surface area (Å²) in [4.78, 5) is 0. The molecule has 0 heterocycles. The highest BCUT2D eigenvalue weighted by Gasteiger charge is 2.21. The summed E-state index contributed by atoms with van der Waals surface area (Å²) in [6, 6.07) is 9.47. The number of benzene rings is 2. The average Bonchev–Trinajstić information content (AvgIpc) is 2.38. The number of methoxy groups -OCH3 is 1. The molecule has 100 valence electrons. The maximum atomic E-state index is 13.8. The second-order valence-corrected chi connectivity index (χ2v) is 5.14. The molecule has 0 saturated carbocycles. The lowest BCUT2D eigenvalue weighted by atomic mass is 10.0. The zero-order valence-corrected chi connectivity index (χ0v) is 12.2. The van der Waals surface area contributed by atoms with Crippen LogP contribution in [0, 0.1) is 5.82 Å². The zero-order chi connectivity index (χ0) is 14.0. The van der Waals surface area contributed by atoms with Crippen molar-refractivity contribution in [3.63, 3.8) is 0 Å². The molecule has 0 N–H and O–H groups in total. The van der Waals surface area contributed by atoms with E-state index in [1.54, 1.807) is 24.3 Å². The Bertz CT molecular complexity index is 581. The molecule has 0 aliphatic heterocycles. The first-order chi connectivity index (χ1) is 9.04. The minimum Gasteiger partial charge on any atom is -0.497 e. The first kappa shape index (κ1) is 14.4. The van der Waals surface area contributed by atoms with Crippen LogP contribution in [-0.4, -0.2) is 7.11 Å². The molecule has 1 atom stereocenters. The summed E-state index contributed by atoms with van der Waals surface area (Å²) >= 11 is 18.4. The molecule has 2 rings (SSSR count). The van der Waals surface area contributed by atoms with E-state index in [0.717, 1.165) is 0 Å². The Hall–Kier alpha value is -0.960. The summed E-state index contributed by atoms with van der Waals surface area (Å²) in [5.41, 5.74) is 0.800. The predicted molar refractivity (Wildman–Crippen MR) is 77.1 cm³/mol. The molecule has 5 heteroatoms. The van der Waals surface area contributed by atoms with Gasteiger partial charge in [-0.2, -0.15) is 0 Å². The Morgan fingerprint density at radius 1 is 1.11 bits per heavy atom. The van der Waals surface area contributed by atoms with Crippen molar-refractivity contribution >= 4 is 34.8 Å². The van der Waals surface area contributed by atoms with Crippen molar-refractivity contribution in [1.82, 2.24) is 0 Å². The van der Waals surface area contributed by atoms with E-state index in [1.165, 1.54) is 19.2 Å². The molecule has 0 amide bonds. The summed E-state index contributed by atoms with van der Waals surface area (Å²) in [7, 11) is 1.54. The van der Waals surface area contributed by atoms with Crippen LogP contribution in [-0.2, 0) is 0 Å². The molecule has 0 aliphatic rings. The van der Waals surface area contributed by atoms with Crippen molar-refractivity contribution < 1.29 is 9.13 Å². The summed E-state index contributed by atoms with van der Waals surface area (Å²) in [5.74, 6) is 0.150. The van der Waals surface area contributed by atoms with Gasteiger partial charge in [-0.05, 0) is 29.8 Å². The zero-order valence-electron chi connectivity index (χ0n) is 9.96. The summed E-state index contributed by atoms with van der Waals surface area (Å²) in [6.07, 6.45) is 0. The second-order valence-electron chi connectivity index (χ2n) is 3.89. The number of rotatable bonds is 3. The number of ether oxygens (including phenoxy) is 1. The summed E-state index contributed by atoms with van der Waals surface area (Å²) < 4.78 is 18.9. The highest BCUT2D eigenvalue weighted by Crippen LogP contribution is 2.39. The van der Waals surface area contributed by atoms with Crippen molar-refractivity contribution in [3.05, 3.63) is 63.4 Å². The molecular weight excluding hydrogens is 310 g/mol. The third-order valence-corrected chi connectivity index (χ3v) is 3.84. The summed E-state index contributed by atoms with van der Waals surface area (Å²) in [6.45, 7) is 0. The fourth-order valence-electron chi connectivity index (χ4n) is 1.75. The SMILES string of the molecule is COc1ccc(C(Cl)c2c(F)cccc2Cl)c(Cl)c1. The lowest BCUT2D eigenvalue weighted by Crippen LogP contribution is -1.99. The van der Waals surface area contributed by atoms with Crippen molar-refractivity contribution in [2.24, 2.45) is 0 Å². The van der Waals surface area contributed by atoms with Gasteiger partial charge in [0.2, 0.25) is 0 Å². The van der Waals surface area contributed by atoms with Gasteiger partial charge in [-0.1, -0.05) is 35.3 Å². The van der Waals surface area contributed by atoms with Crippen molar-refractivity contribution in [3.8, 4) is 5.75 Å². The smallest absolute Gasteiger partial charge is 0.129 e. The highest BCUT2D eigenvalue weighted by molar-refractivity contribution is 6.35. The topological polar surface area (TPSA) is 9.23 Å². The summed E-state index contributed by atoms with van der Waals surface area (Å²) in [5, 5.41) is -0.0855. The fraction of sp³-hybridized carbons (Fsp3) is 0.143. The van der Waals surface area contributed by atoms with Crippen LogP contribution < -0.4 is 4.74 Å². The van der Waals surface area contributed by atoms with Gasteiger partial charge in [-0.25, -0.2) is 4.39 Å². The Morgan fingerprint density at radius 3 is 2.42 bits per heavy atom. The van der Waals surface area contributed by atoms with Gasteiger partial charge in [0.05, 0.1) is 12.5 Å². The van der Waals surface area contributed by atoms with Crippen LogP contribution in [0.5, 0.6) is 5.75 Å². The highest BCUT2D eigenvalue weighted by atomic mass is 35.5. The molecule has 0 radical (unpaired) electrons. The second kappa shape index (κ2) is 6.00. The maximum Gasteiger partial charge on any atom is 0.129 e. The van der Waals surface area contributed by atoms with E-state index < -0.39 is 11.2 Å². The molecule has 0 aromatic heterocycles. The molecule has 0 aliphatic carbocycles. The lowest BCUT2D eigenvalue weighted by molar-refractivity contribution is 0.414. The van der Waals surface area contributed by atoms with Crippen LogP contribution in [0.4, 0.5) is 4.39 Å². The molecule has 19 heavy (non-hydrogen) atoms. The van der Waals surface area contributed by atoms with Crippen LogP contribution in [0.3, 0.4) is 0 Å². The normalized spacial score (nSPS) is 12.3. The van der Waals surface area contributed by atoms with Gasteiger partial charge < -0.3 is 4.74 Å². The fourth-order valence-corrected chi connectivity index (χ4v) is 2.82. The molecule has 0 spiro atoms. The molecule has 0 saturated heterocycles. The largest absolute Gasteiger partial charge is 0.497 e. The van der Waals surface area contributed by atoms with Crippen molar-refractivity contribution in [1.29, 1.82) is 0 Å². The first-order valence-corrected chi connectivity index (χ1v) is 6.65. The van der Waals surface area contributed by atoms with Gasteiger partial charge in [0.1, 0.15) is 11.6 Å². The first-order valence-electron chi connectivity index (χ1n) is 5.46. The van der Waals surface area contributed by atoms with Gasteiger partial charge >= 0.3 is 0 Å². The van der Waals surface area contributed by atoms with Gasteiger partial charge in [0.25, 0.3) is 0 Å². The van der Waals surface area contributed by atoms with E-state index in [4.69, 9.17) is 39.5 Å². The minimum atomic E-state index is -0.757. The number of alkyl halides is 1. The molecule has 0 bridgehead atoms. The van der Waals surface area contributed by atoms with Crippen LogP contribution in [0.2, 0.25) is 10.0 Å². The standard InChI is InChI=1S/C14H10Cl3FO/c1-19-8-5-6-9(11(16)7-8)14(17)13-10(15)3-2-4-12(13)18/h2-7,14H,1H3. The number of hydrogen-bond acceptors (Lipinski definition) is 1. The molecular formula is C14H10Cl3FO. The van der Waals surface area contributed by atoms with Crippen LogP contribution in [0.1, 0.15) is 16.5 Å². The number of hydrogen-bond donors (Lipinski definition) is 0. The predicted octanol–water partition coefficient (Wildman–Crippen LogP) is 5.47. The quantitative estimate of drug-likeness (QED) is 0.682. The van der Waals surface area contributed by atoms with Crippen LogP contribution in [0.25, 0.3) is 0 Å². The van der Waals surface area contributed by atoms with E-state index in [2.05, 4.69) is 0 Å². The van der Waals surface area contributed by atoms with Crippen molar-refractivity contribution in [2.75, 3.05) is 7.11 Å². The Kier molecular flexibility index (Phi) is 4.56. The van der Waals surface area contributed by atoms with E-state index in [-0.39, 0.29) is 10.6 Å². The van der Waals surface area contributed by atoms with Gasteiger partial charge in [0, 0.05) is 15.6 Å². The van der Waals surface area contributed by atoms with Gasteiger partial charge in [0.15, 0.2) is 0 Å². The van der Waals surface area contributed by atoms with Crippen LogP contribution >= 0.6 is 34.8 Å². The van der Waals surface area contributed by atoms with Crippen molar-refractivity contribution in [2.45, 2.75) is 5.38 Å². The average molecular weight is 320 g/mol. The minimum absolute atomic E-state index is 0.220.